The average molecular weight is 419 g/mol. The van der Waals surface area contributed by atoms with Crippen LogP contribution in [0.1, 0.15) is 17.0 Å². The van der Waals surface area contributed by atoms with E-state index in [1.165, 1.54) is 0 Å². The van der Waals surface area contributed by atoms with E-state index in [2.05, 4.69) is 35.9 Å². The molecule has 2 heterocycles. The standard InChI is InChI=1S/C21H19ClN8/c1-14-11-15(2)30(29-14)21-26-19(24-18-9-4-3-5-10-18)25-20(27-21)28-23-13-16-7-6-8-17(22)12-16/h3-13H,1-2H3,(H2,24,25,26,27,28)/b23-13+. The molecule has 2 N–H and O–H groups in total. The van der Waals surface area contributed by atoms with Gasteiger partial charge >= 0.3 is 0 Å². The summed E-state index contributed by atoms with van der Waals surface area (Å²) in [6.45, 7) is 3.86. The lowest BCUT2D eigenvalue weighted by molar-refractivity contribution is 0.767. The van der Waals surface area contributed by atoms with E-state index in [1.807, 2.05) is 68.4 Å². The molecule has 0 bridgehead atoms. The molecule has 30 heavy (non-hydrogen) atoms. The number of benzene rings is 2. The van der Waals surface area contributed by atoms with Gasteiger partial charge in [-0.3, -0.25) is 0 Å². The molecule has 4 rings (SSSR count). The van der Waals surface area contributed by atoms with Crippen LogP contribution in [0.25, 0.3) is 5.95 Å². The van der Waals surface area contributed by atoms with E-state index >= 15 is 0 Å². The van der Waals surface area contributed by atoms with Gasteiger partial charge in [0.2, 0.25) is 11.9 Å². The number of hydrogen-bond acceptors (Lipinski definition) is 7. The SMILES string of the molecule is Cc1cc(C)n(-c2nc(N/N=C/c3cccc(Cl)c3)nc(Nc3ccccc3)n2)n1. The van der Waals surface area contributed by atoms with Crippen LogP contribution in [0, 0.1) is 13.8 Å². The number of nitrogens with zero attached hydrogens (tertiary/aromatic N) is 6. The van der Waals surface area contributed by atoms with Crippen LogP contribution in [0.5, 0.6) is 0 Å². The Morgan fingerprint density at radius 1 is 0.933 bits per heavy atom. The van der Waals surface area contributed by atoms with Crippen LogP contribution in [0.15, 0.2) is 65.8 Å². The third kappa shape index (κ3) is 4.79. The highest BCUT2D eigenvalue weighted by Crippen LogP contribution is 2.16. The molecule has 0 aliphatic rings. The highest BCUT2D eigenvalue weighted by atomic mass is 35.5. The normalized spacial score (nSPS) is 11.0. The molecule has 0 aliphatic heterocycles. The van der Waals surface area contributed by atoms with Crippen molar-refractivity contribution in [1.29, 1.82) is 0 Å². The van der Waals surface area contributed by atoms with Gasteiger partial charge in [0.25, 0.3) is 5.95 Å². The zero-order valence-corrected chi connectivity index (χ0v) is 17.2. The second-order valence-electron chi connectivity index (χ2n) is 6.54. The first-order valence-electron chi connectivity index (χ1n) is 9.23. The van der Waals surface area contributed by atoms with Gasteiger partial charge in [-0.25, -0.2) is 10.1 Å². The number of para-hydroxylation sites is 1. The van der Waals surface area contributed by atoms with Crippen LogP contribution < -0.4 is 10.7 Å². The first-order chi connectivity index (χ1) is 14.6. The smallest absolute Gasteiger partial charge is 0.257 e. The van der Waals surface area contributed by atoms with E-state index in [9.17, 15) is 0 Å². The number of hydrogen-bond donors (Lipinski definition) is 2. The number of nitrogens with one attached hydrogen (secondary N) is 2. The molecule has 8 nitrogen and oxygen atoms in total. The van der Waals surface area contributed by atoms with Crippen LogP contribution in [-0.2, 0) is 0 Å². The highest BCUT2D eigenvalue weighted by molar-refractivity contribution is 6.30. The molecule has 0 spiro atoms. The highest BCUT2D eigenvalue weighted by Gasteiger charge is 2.12. The van der Waals surface area contributed by atoms with Crippen molar-refractivity contribution in [2.45, 2.75) is 13.8 Å². The van der Waals surface area contributed by atoms with Gasteiger partial charge in [0.15, 0.2) is 0 Å². The van der Waals surface area contributed by atoms with E-state index in [1.54, 1.807) is 17.0 Å². The lowest BCUT2D eigenvalue weighted by Gasteiger charge is -2.09. The molecule has 0 radical (unpaired) electrons. The molecule has 0 aliphatic carbocycles. The molecular weight excluding hydrogens is 400 g/mol. The van der Waals surface area contributed by atoms with Gasteiger partial charge in [0.1, 0.15) is 0 Å². The van der Waals surface area contributed by atoms with Gasteiger partial charge in [0.05, 0.1) is 11.9 Å². The fourth-order valence-corrected chi connectivity index (χ4v) is 3.00. The van der Waals surface area contributed by atoms with Crippen LogP contribution in [0.4, 0.5) is 17.6 Å². The van der Waals surface area contributed by atoms with Crippen LogP contribution in [0.2, 0.25) is 5.02 Å². The van der Waals surface area contributed by atoms with E-state index in [0.29, 0.717) is 16.9 Å². The minimum atomic E-state index is 0.282. The summed E-state index contributed by atoms with van der Waals surface area (Å²) in [5.74, 6) is 1.04. The molecule has 4 aromatic rings. The average Bonchev–Trinajstić information content (AvgIpc) is 3.07. The Labute approximate surface area is 178 Å². The first kappa shape index (κ1) is 19.5. The number of anilines is 3. The monoisotopic (exact) mass is 418 g/mol. The summed E-state index contributed by atoms with van der Waals surface area (Å²) in [5, 5.41) is 12.5. The molecule has 2 aromatic carbocycles. The quantitative estimate of drug-likeness (QED) is 0.353. The zero-order valence-electron chi connectivity index (χ0n) is 16.4. The van der Waals surface area contributed by atoms with Gasteiger partial charge in [-0.2, -0.15) is 25.2 Å². The third-order valence-corrected chi connectivity index (χ3v) is 4.31. The molecule has 0 saturated heterocycles. The second-order valence-corrected chi connectivity index (χ2v) is 6.97. The fourth-order valence-electron chi connectivity index (χ4n) is 2.80. The molecule has 0 atom stereocenters. The summed E-state index contributed by atoms with van der Waals surface area (Å²) in [5.41, 5.74) is 6.36. The van der Waals surface area contributed by atoms with E-state index in [0.717, 1.165) is 22.6 Å². The van der Waals surface area contributed by atoms with Gasteiger partial charge in [-0.15, -0.1) is 0 Å². The van der Waals surface area contributed by atoms with Crippen molar-refractivity contribution in [3.8, 4) is 5.95 Å². The Bertz CT molecular complexity index is 1190. The number of aromatic nitrogens is 5. The van der Waals surface area contributed by atoms with Crippen molar-refractivity contribution in [2.75, 3.05) is 10.7 Å². The minimum Gasteiger partial charge on any atom is -0.324 e. The lowest BCUT2D eigenvalue weighted by Crippen LogP contribution is -2.11. The summed E-state index contributed by atoms with van der Waals surface area (Å²) < 4.78 is 1.67. The van der Waals surface area contributed by atoms with Crippen molar-refractivity contribution < 1.29 is 0 Å². The number of hydrazone groups is 1. The zero-order chi connectivity index (χ0) is 20.9. The van der Waals surface area contributed by atoms with E-state index in [4.69, 9.17) is 11.6 Å². The van der Waals surface area contributed by atoms with Crippen LogP contribution in [-0.4, -0.2) is 30.9 Å². The Morgan fingerprint density at radius 3 is 2.47 bits per heavy atom. The summed E-state index contributed by atoms with van der Waals surface area (Å²) in [7, 11) is 0. The minimum absolute atomic E-state index is 0.282. The predicted molar refractivity (Wildman–Crippen MR) is 119 cm³/mol. The maximum Gasteiger partial charge on any atom is 0.257 e. The Kier molecular flexibility index (Phi) is 5.67. The molecule has 0 unspecified atom stereocenters. The molecule has 2 aromatic heterocycles. The Morgan fingerprint density at radius 2 is 1.73 bits per heavy atom. The first-order valence-corrected chi connectivity index (χ1v) is 9.61. The maximum absolute atomic E-state index is 6.01. The molecule has 150 valence electrons. The largest absolute Gasteiger partial charge is 0.324 e. The number of rotatable bonds is 6. The lowest BCUT2D eigenvalue weighted by atomic mass is 10.2. The van der Waals surface area contributed by atoms with Crippen molar-refractivity contribution in [1.82, 2.24) is 24.7 Å². The van der Waals surface area contributed by atoms with Crippen molar-refractivity contribution in [2.24, 2.45) is 5.10 Å². The van der Waals surface area contributed by atoms with Gasteiger partial charge in [-0.1, -0.05) is 41.9 Å². The van der Waals surface area contributed by atoms with E-state index < -0.39 is 0 Å². The summed E-state index contributed by atoms with van der Waals surface area (Å²) in [4.78, 5) is 13.4. The molecule has 0 amide bonds. The van der Waals surface area contributed by atoms with Crippen LogP contribution >= 0.6 is 11.6 Å². The fraction of sp³-hybridized carbons (Fsp3) is 0.0952. The predicted octanol–water partition coefficient (Wildman–Crippen LogP) is 4.52. The van der Waals surface area contributed by atoms with E-state index in [-0.39, 0.29) is 5.95 Å². The second kappa shape index (κ2) is 8.71. The molecule has 9 heteroatoms. The Balaban J connectivity index is 1.65. The summed E-state index contributed by atoms with van der Waals surface area (Å²) in [6.07, 6.45) is 1.64. The van der Waals surface area contributed by atoms with Crippen molar-refractivity contribution >= 4 is 35.4 Å². The maximum atomic E-state index is 6.01. The van der Waals surface area contributed by atoms with Crippen LogP contribution in [0.3, 0.4) is 0 Å². The summed E-state index contributed by atoms with van der Waals surface area (Å²) in [6, 6.07) is 19.0. The Hall–Kier alpha value is -3.78. The third-order valence-electron chi connectivity index (χ3n) is 4.08. The molecule has 0 saturated carbocycles. The van der Waals surface area contributed by atoms with Crippen molar-refractivity contribution in [3.63, 3.8) is 0 Å². The topological polar surface area (TPSA) is 92.9 Å². The number of halogens is 1. The number of aryl methyl sites for hydroxylation is 2. The molecular formula is C21H19ClN8. The van der Waals surface area contributed by atoms with Gasteiger partial charge < -0.3 is 5.32 Å². The van der Waals surface area contributed by atoms with Gasteiger partial charge in [-0.05, 0) is 49.7 Å². The van der Waals surface area contributed by atoms with Crippen molar-refractivity contribution in [3.05, 3.63) is 82.6 Å². The molecule has 0 fully saturated rings. The summed E-state index contributed by atoms with van der Waals surface area (Å²) >= 11 is 6.01. The van der Waals surface area contributed by atoms with Gasteiger partial charge in [0, 0.05) is 16.4 Å².